The first-order valence-corrected chi connectivity index (χ1v) is 13.8. The van der Waals surface area contributed by atoms with Crippen LogP contribution in [-0.4, -0.2) is 61.6 Å². The highest BCUT2D eigenvalue weighted by molar-refractivity contribution is 7.93. The molecule has 4 N–H and O–H groups in total. The monoisotopic (exact) mass is 511 g/mol. The number of hydrogen-bond acceptors (Lipinski definition) is 6. The van der Waals surface area contributed by atoms with Crippen LogP contribution in [0.25, 0.3) is 0 Å². The van der Waals surface area contributed by atoms with E-state index in [9.17, 15) is 27.6 Å². The Balaban J connectivity index is 1.89. The number of carboxylic acids is 1. The lowest BCUT2D eigenvalue weighted by Gasteiger charge is -2.24. The lowest BCUT2D eigenvalue weighted by Crippen LogP contribution is -2.54. The van der Waals surface area contributed by atoms with Gasteiger partial charge < -0.3 is 21.1 Å². The predicted molar refractivity (Wildman–Crippen MR) is 131 cm³/mol. The van der Waals surface area contributed by atoms with E-state index < -0.39 is 52.2 Å². The largest absolute Gasteiger partial charge is 0.481 e. The molecule has 5 unspecified atom stereocenters. The van der Waals surface area contributed by atoms with E-state index >= 15 is 0 Å². The van der Waals surface area contributed by atoms with E-state index in [1.807, 2.05) is 13.8 Å². The number of rotatable bonds is 13. The van der Waals surface area contributed by atoms with E-state index in [-0.39, 0.29) is 17.7 Å². The molecule has 0 bridgehead atoms. The zero-order chi connectivity index (χ0) is 26.6. The smallest absolute Gasteiger partial charge is 0.305 e. The maximum Gasteiger partial charge on any atom is 0.305 e. The molecule has 2 saturated carbocycles. The molecule has 0 heterocycles. The minimum atomic E-state index is -3.34. The van der Waals surface area contributed by atoms with Gasteiger partial charge in [0.1, 0.15) is 12.1 Å². The van der Waals surface area contributed by atoms with Gasteiger partial charge >= 0.3 is 5.97 Å². The molecule has 0 radical (unpaired) electrons. The van der Waals surface area contributed by atoms with Crippen LogP contribution in [0.4, 0.5) is 0 Å². The van der Waals surface area contributed by atoms with Crippen LogP contribution in [0, 0.1) is 23.2 Å². The van der Waals surface area contributed by atoms with Gasteiger partial charge in [-0.05, 0) is 50.4 Å². The fourth-order valence-corrected chi connectivity index (χ4v) is 4.78. The molecule has 0 aromatic heterocycles. The molecular formula is C24H37N3O7S. The normalized spacial score (nSPS) is 21.9. The van der Waals surface area contributed by atoms with E-state index in [0.717, 1.165) is 18.1 Å². The van der Waals surface area contributed by atoms with Crippen molar-refractivity contribution in [3.05, 3.63) is 23.6 Å². The van der Waals surface area contributed by atoms with Gasteiger partial charge in [0.25, 0.3) is 0 Å². The Hall–Kier alpha value is -2.69. The topological polar surface area (TPSA) is 159 Å². The van der Waals surface area contributed by atoms with Gasteiger partial charge in [-0.2, -0.15) is 0 Å². The minimum absolute atomic E-state index is 0.145. The fraction of sp³-hybridized carbons (Fsp3) is 0.667. The summed E-state index contributed by atoms with van der Waals surface area (Å²) in [6.07, 6.45) is 7.89. The minimum Gasteiger partial charge on any atom is -0.481 e. The zero-order valence-corrected chi connectivity index (χ0v) is 21.7. The van der Waals surface area contributed by atoms with Crippen LogP contribution < -0.4 is 16.0 Å². The highest BCUT2D eigenvalue weighted by Crippen LogP contribution is 2.73. The van der Waals surface area contributed by atoms with Crippen LogP contribution in [0.2, 0.25) is 0 Å². The molecule has 35 heavy (non-hydrogen) atoms. The number of aliphatic carboxylic acids is 1. The highest BCUT2D eigenvalue weighted by Gasteiger charge is 2.66. The number of carboxylic acid groups (broad SMARTS) is 1. The van der Waals surface area contributed by atoms with Crippen LogP contribution >= 0.6 is 0 Å². The van der Waals surface area contributed by atoms with Crippen molar-refractivity contribution in [2.75, 3.05) is 6.26 Å². The van der Waals surface area contributed by atoms with Crippen LogP contribution in [0.1, 0.15) is 53.4 Å². The number of carbonyl (C=O) groups excluding carboxylic acids is 3. The SMILES string of the molecule is CC(NC(=O)C(C)NC(=O)C(C(C)C)C1CC12CC2)C(=O)NC(C=CC=CS(C)(=O)=O)CC(=O)O. The Kier molecular flexibility index (Phi) is 9.27. The van der Waals surface area contributed by atoms with Crippen molar-refractivity contribution in [3.63, 3.8) is 0 Å². The van der Waals surface area contributed by atoms with Gasteiger partial charge in [0.2, 0.25) is 17.7 Å². The Morgan fingerprint density at radius 1 is 0.943 bits per heavy atom. The molecule has 11 heteroatoms. The van der Waals surface area contributed by atoms with Crippen molar-refractivity contribution in [2.45, 2.75) is 71.5 Å². The number of sulfone groups is 1. The molecule has 1 spiro atoms. The summed E-state index contributed by atoms with van der Waals surface area (Å²) in [6.45, 7) is 7.02. The van der Waals surface area contributed by atoms with Gasteiger partial charge in [-0.1, -0.05) is 32.1 Å². The van der Waals surface area contributed by atoms with Gasteiger partial charge in [0, 0.05) is 17.6 Å². The molecular weight excluding hydrogens is 474 g/mol. The molecule has 196 valence electrons. The highest BCUT2D eigenvalue weighted by atomic mass is 32.2. The van der Waals surface area contributed by atoms with E-state index in [2.05, 4.69) is 16.0 Å². The lowest BCUT2D eigenvalue weighted by molar-refractivity contribution is -0.137. The molecule has 0 aromatic rings. The first-order valence-electron chi connectivity index (χ1n) is 11.8. The predicted octanol–water partition coefficient (Wildman–Crippen LogP) is 1.14. The Labute approximate surface area is 206 Å². The summed E-state index contributed by atoms with van der Waals surface area (Å²) in [5, 5.41) is 17.9. The summed E-state index contributed by atoms with van der Waals surface area (Å²) in [5.74, 6) is -2.07. The number of carbonyl (C=O) groups is 4. The molecule has 3 amide bonds. The number of nitrogens with one attached hydrogen (secondary N) is 3. The first-order chi connectivity index (χ1) is 16.1. The summed E-state index contributed by atoms with van der Waals surface area (Å²) in [6, 6.07) is -2.75. The summed E-state index contributed by atoms with van der Waals surface area (Å²) in [7, 11) is -3.34. The quantitative estimate of drug-likeness (QED) is 0.270. The number of amides is 3. The van der Waals surface area contributed by atoms with Gasteiger partial charge in [0.05, 0.1) is 12.5 Å². The van der Waals surface area contributed by atoms with Crippen molar-refractivity contribution in [1.82, 2.24) is 16.0 Å². The van der Waals surface area contributed by atoms with Crippen molar-refractivity contribution >= 4 is 33.5 Å². The van der Waals surface area contributed by atoms with Crippen molar-refractivity contribution < 1.29 is 32.7 Å². The standard InChI is InChI=1S/C24H37N3O7S/c1-14(2)20(18-13-24(18)9-10-24)23(32)26-15(3)21(30)25-16(4)22(31)27-17(12-19(28)29)8-6-7-11-35(5,33)34/h6-8,11,14-18,20H,9-10,12-13H2,1-5H3,(H,25,30)(H,26,32)(H,27,31)(H,28,29). The maximum atomic E-state index is 12.9. The molecule has 0 aliphatic heterocycles. The zero-order valence-electron chi connectivity index (χ0n) is 20.9. The maximum absolute atomic E-state index is 12.9. The van der Waals surface area contributed by atoms with Gasteiger partial charge in [0.15, 0.2) is 9.84 Å². The van der Waals surface area contributed by atoms with Crippen LogP contribution in [-0.2, 0) is 29.0 Å². The van der Waals surface area contributed by atoms with E-state index in [4.69, 9.17) is 5.11 Å². The molecule has 0 saturated heterocycles. The Morgan fingerprint density at radius 3 is 1.94 bits per heavy atom. The summed E-state index contributed by atoms with van der Waals surface area (Å²) in [5.41, 5.74) is 0.353. The lowest BCUT2D eigenvalue weighted by atomic mass is 9.88. The van der Waals surface area contributed by atoms with Crippen LogP contribution in [0.5, 0.6) is 0 Å². The van der Waals surface area contributed by atoms with Gasteiger partial charge in [-0.15, -0.1) is 0 Å². The number of allylic oxidation sites excluding steroid dienone is 2. The Bertz CT molecular complexity index is 999. The number of hydrogen-bond donors (Lipinski definition) is 4. The molecule has 2 aliphatic rings. The summed E-state index contributed by atoms with van der Waals surface area (Å²) >= 11 is 0. The second-order valence-electron chi connectivity index (χ2n) is 10.2. The van der Waals surface area contributed by atoms with E-state index in [1.165, 1.54) is 38.0 Å². The second kappa shape index (κ2) is 11.4. The molecule has 2 aliphatic carbocycles. The van der Waals surface area contributed by atoms with E-state index in [0.29, 0.717) is 11.3 Å². The molecule has 10 nitrogen and oxygen atoms in total. The van der Waals surface area contributed by atoms with Crippen LogP contribution in [0.15, 0.2) is 23.6 Å². The fourth-order valence-electron chi connectivity index (χ4n) is 4.40. The molecule has 0 aromatic carbocycles. The van der Waals surface area contributed by atoms with Gasteiger partial charge in [-0.25, -0.2) is 8.42 Å². The van der Waals surface area contributed by atoms with E-state index in [1.54, 1.807) is 6.92 Å². The average Bonchev–Trinajstić information content (AvgIpc) is 3.63. The first kappa shape index (κ1) is 28.5. The third kappa shape index (κ3) is 8.79. The van der Waals surface area contributed by atoms with Gasteiger partial charge in [-0.3, -0.25) is 19.2 Å². The third-order valence-electron chi connectivity index (χ3n) is 6.61. The third-order valence-corrected chi connectivity index (χ3v) is 7.26. The van der Waals surface area contributed by atoms with Crippen LogP contribution in [0.3, 0.4) is 0 Å². The van der Waals surface area contributed by atoms with Crippen molar-refractivity contribution in [3.8, 4) is 0 Å². The average molecular weight is 512 g/mol. The summed E-state index contributed by atoms with van der Waals surface area (Å²) < 4.78 is 22.3. The van der Waals surface area contributed by atoms with Crippen molar-refractivity contribution in [2.24, 2.45) is 23.2 Å². The Morgan fingerprint density at radius 2 is 1.49 bits per heavy atom. The molecule has 5 atom stereocenters. The molecule has 2 fully saturated rings. The second-order valence-corrected chi connectivity index (χ2v) is 12.1. The van der Waals surface area contributed by atoms with Crippen molar-refractivity contribution in [1.29, 1.82) is 0 Å². The molecule has 2 rings (SSSR count). The summed E-state index contributed by atoms with van der Waals surface area (Å²) in [4.78, 5) is 49.1.